The molecule has 0 nitrogen and oxygen atoms in total. The third-order valence-electron chi connectivity index (χ3n) is 11.0. The zero-order chi connectivity index (χ0) is 33.6. The summed E-state index contributed by atoms with van der Waals surface area (Å²) in [6, 6.07) is 10.5. The van der Waals surface area contributed by atoms with Gasteiger partial charge in [0.1, 0.15) is 0 Å². The van der Waals surface area contributed by atoms with E-state index in [1.165, 1.54) is 185 Å². The van der Waals surface area contributed by atoms with Crippen LogP contribution in [0.15, 0.2) is 24.3 Å². The van der Waals surface area contributed by atoms with E-state index in [2.05, 4.69) is 65.8 Å². The highest BCUT2D eigenvalue weighted by atomic mass is 35.5. The van der Waals surface area contributed by atoms with Crippen molar-refractivity contribution in [1.82, 2.24) is 0 Å². The molecule has 0 aliphatic carbocycles. The van der Waals surface area contributed by atoms with Crippen LogP contribution in [0.5, 0.6) is 0 Å². The second-order valence-electron chi connectivity index (χ2n) is 15.5. The molecule has 1 aromatic carbocycles. The summed E-state index contributed by atoms with van der Waals surface area (Å²) in [5, 5.41) is 0. The number of hydrogen-bond donors (Lipinski definition) is 0. The van der Waals surface area contributed by atoms with Crippen LogP contribution in [-0.4, -0.2) is 37.0 Å². The minimum Gasteiger partial charge on any atom is -1.00 e. The van der Waals surface area contributed by atoms with Crippen LogP contribution in [0.25, 0.3) is 0 Å². The molecule has 0 aliphatic rings. The first-order valence-corrected chi connectivity index (χ1v) is 26.4. The fourth-order valence-corrected chi connectivity index (χ4v) is 17.7. The summed E-state index contributed by atoms with van der Waals surface area (Å²) < 4.78 is 0. The van der Waals surface area contributed by atoms with Gasteiger partial charge in [-0.15, -0.1) is 0 Å². The molecule has 0 amide bonds. The van der Waals surface area contributed by atoms with E-state index in [4.69, 9.17) is 0 Å². The quantitative estimate of drug-likeness (QED) is 0.0487. The summed E-state index contributed by atoms with van der Waals surface area (Å²) in [5.41, 5.74) is 3.37. The molecule has 0 bridgehead atoms. The summed E-state index contributed by atoms with van der Waals surface area (Å²) in [6.07, 6.45) is 46.7. The Morgan fingerprint density at radius 3 is 0.750 bits per heavy atom. The van der Waals surface area contributed by atoms with Gasteiger partial charge in [-0.05, 0) is 68.9 Å². The summed E-state index contributed by atoms with van der Waals surface area (Å²) >= 11 is 0. The van der Waals surface area contributed by atoms with Crippen LogP contribution in [-0.2, 0) is 12.3 Å². The molecule has 0 radical (unpaired) electrons. The summed E-state index contributed by atoms with van der Waals surface area (Å²) in [5.74, 6) is 0. The van der Waals surface area contributed by atoms with Crippen molar-refractivity contribution >= 4 is 14.5 Å². The number of hydrogen-bond acceptors (Lipinski definition) is 0. The Hall–Kier alpha value is 0.660. The number of halogens is 2. The summed E-state index contributed by atoms with van der Waals surface area (Å²) in [4.78, 5) is 0. The second kappa shape index (κ2) is 34.7. The lowest BCUT2D eigenvalue weighted by molar-refractivity contribution is -0.001000. The van der Waals surface area contributed by atoms with Crippen LogP contribution in [0.3, 0.4) is 0 Å². The molecule has 0 saturated heterocycles. The van der Waals surface area contributed by atoms with Gasteiger partial charge in [0.25, 0.3) is 0 Å². The highest BCUT2D eigenvalue weighted by Gasteiger charge is 2.37. The molecule has 0 saturated carbocycles. The lowest BCUT2D eigenvalue weighted by Gasteiger charge is -2.29. The van der Waals surface area contributed by atoms with Gasteiger partial charge >= 0.3 is 0 Å². The number of unbranched alkanes of at least 4 members (excludes halogenated alkanes) is 18. The van der Waals surface area contributed by atoms with Crippen molar-refractivity contribution in [2.45, 2.75) is 208 Å². The molecule has 286 valence electrons. The van der Waals surface area contributed by atoms with Gasteiger partial charge in [0.15, 0.2) is 0 Å². The van der Waals surface area contributed by atoms with E-state index in [0.717, 1.165) is 0 Å². The largest absolute Gasteiger partial charge is 1.00 e. The van der Waals surface area contributed by atoms with Gasteiger partial charge < -0.3 is 24.8 Å². The molecule has 48 heavy (non-hydrogen) atoms. The second-order valence-corrected chi connectivity index (χ2v) is 24.2. The molecule has 0 aliphatic heterocycles. The topological polar surface area (TPSA) is 0 Å². The van der Waals surface area contributed by atoms with E-state index in [1.54, 1.807) is 29.6 Å². The Balaban J connectivity index is 0. The molecule has 0 aromatic heterocycles. The van der Waals surface area contributed by atoms with Crippen LogP contribution in [0.2, 0.25) is 0 Å². The average molecular weight is 748 g/mol. The molecule has 0 N–H and O–H groups in total. The van der Waals surface area contributed by atoms with E-state index >= 15 is 0 Å². The Morgan fingerprint density at radius 2 is 0.500 bits per heavy atom. The molecule has 0 fully saturated rings. The summed E-state index contributed by atoms with van der Waals surface area (Å²) in [6.45, 7) is 14.3. The van der Waals surface area contributed by atoms with Gasteiger partial charge in [0.2, 0.25) is 0 Å². The van der Waals surface area contributed by atoms with Gasteiger partial charge in [0.05, 0.1) is 49.3 Å². The first-order valence-electron chi connectivity index (χ1n) is 21.3. The maximum Gasteiger partial charge on any atom is 0.0842 e. The van der Waals surface area contributed by atoms with E-state index in [0.29, 0.717) is 0 Å². The van der Waals surface area contributed by atoms with Crippen LogP contribution in [0.1, 0.15) is 207 Å². The predicted octanol–water partition coefficient (Wildman–Crippen LogP) is 10.2. The first-order chi connectivity index (χ1) is 22.5. The lowest BCUT2D eigenvalue weighted by Crippen LogP contribution is -3.00. The van der Waals surface area contributed by atoms with Crippen LogP contribution in [0.4, 0.5) is 0 Å². The van der Waals surface area contributed by atoms with Gasteiger partial charge in [-0.25, -0.2) is 0 Å². The number of rotatable bonds is 34. The maximum absolute atomic E-state index is 2.63. The van der Waals surface area contributed by atoms with Gasteiger partial charge in [0, 0.05) is 14.5 Å². The SMILES string of the molecule is CCCCCCCC[P+](CCCCCCCC)(CCCCCCCC)Cc1ccc(C[P+](CCCC)(CCCC)CCCC)cc1.[Cl-].[Cl-]. The van der Waals surface area contributed by atoms with Gasteiger partial charge in [-0.3, -0.25) is 0 Å². The smallest absolute Gasteiger partial charge is 0.0842 e. The van der Waals surface area contributed by atoms with Crippen molar-refractivity contribution in [3.63, 3.8) is 0 Å². The van der Waals surface area contributed by atoms with Crippen molar-refractivity contribution in [2.24, 2.45) is 0 Å². The lowest BCUT2D eigenvalue weighted by atomic mass is 10.1. The highest BCUT2D eigenvalue weighted by Crippen LogP contribution is 2.65. The average Bonchev–Trinajstić information content (AvgIpc) is 3.07. The molecule has 1 aromatic rings. The molecule has 0 atom stereocenters. The zero-order valence-electron chi connectivity index (χ0n) is 33.6. The van der Waals surface area contributed by atoms with Crippen molar-refractivity contribution in [3.8, 4) is 0 Å². The standard InChI is InChI=1S/C44H86P2.2ClH/c1-7-13-19-22-25-28-38-46(39-29-26-23-20-14-8-2,40-30-27-24-21-15-9-3)42-44-33-31-43(32-34-44)41-45(35-16-10-4,36-17-11-5)37-18-12-6;;/h31-34H,7-30,35-42H2,1-6H3;2*1H/q+2;;/p-2. The maximum atomic E-state index is 2.63. The van der Waals surface area contributed by atoms with Crippen molar-refractivity contribution in [2.75, 3.05) is 37.0 Å². The van der Waals surface area contributed by atoms with Crippen LogP contribution in [0, 0.1) is 0 Å². The number of benzene rings is 1. The van der Waals surface area contributed by atoms with Crippen molar-refractivity contribution in [1.29, 1.82) is 0 Å². The first kappa shape index (κ1) is 50.8. The Labute approximate surface area is 318 Å². The van der Waals surface area contributed by atoms with Crippen molar-refractivity contribution in [3.05, 3.63) is 35.4 Å². The predicted molar refractivity (Wildman–Crippen MR) is 222 cm³/mol. The van der Waals surface area contributed by atoms with Crippen molar-refractivity contribution < 1.29 is 24.8 Å². The Kier molecular flexibility index (Phi) is 36.7. The molecule has 0 spiro atoms. The molecule has 0 heterocycles. The van der Waals surface area contributed by atoms with Gasteiger partial charge in [-0.2, -0.15) is 0 Å². The molecular formula is C44H86Cl2P2. The normalized spacial score (nSPS) is 11.8. The molecular weight excluding hydrogens is 661 g/mol. The minimum atomic E-state index is -0.978. The fourth-order valence-electron chi connectivity index (χ4n) is 7.83. The van der Waals surface area contributed by atoms with Crippen LogP contribution < -0.4 is 24.8 Å². The monoisotopic (exact) mass is 747 g/mol. The third-order valence-corrected chi connectivity index (χ3v) is 20.6. The van der Waals surface area contributed by atoms with E-state index in [-0.39, 0.29) is 24.8 Å². The Morgan fingerprint density at radius 1 is 0.292 bits per heavy atom. The molecule has 1 rings (SSSR count). The fraction of sp³-hybridized carbons (Fsp3) is 0.864. The zero-order valence-corrected chi connectivity index (χ0v) is 36.9. The highest BCUT2D eigenvalue weighted by molar-refractivity contribution is 7.75. The molecule has 0 unspecified atom stereocenters. The molecule has 4 heteroatoms. The van der Waals surface area contributed by atoms with E-state index in [9.17, 15) is 0 Å². The van der Waals surface area contributed by atoms with Crippen LogP contribution >= 0.6 is 14.5 Å². The minimum absolute atomic E-state index is 0. The van der Waals surface area contributed by atoms with E-state index < -0.39 is 14.5 Å². The van der Waals surface area contributed by atoms with E-state index in [1.807, 2.05) is 0 Å². The van der Waals surface area contributed by atoms with Gasteiger partial charge in [-0.1, -0.05) is 162 Å². The summed E-state index contributed by atoms with van der Waals surface area (Å²) in [7, 11) is -1.88. The Bertz CT molecular complexity index is 718. The third kappa shape index (κ3) is 24.8.